The van der Waals surface area contributed by atoms with Gasteiger partial charge in [-0.05, 0) is 19.3 Å². The Morgan fingerprint density at radius 3 is 2.82 bits per heavy atom. The lowest BCUT2D eigenvalue weighted by Crippen LogP contribution is -2.38. The van der Waals surface area contributed by atoms with E-state index in [2.05, 4.69) is 10.3 Å². The van der Waals surface area contributed by atoms with Gasteiger partial charge in [-0.1, -0.05) is 0 Å². The topological polar surface area (TPSA) is 44.6 Å². The molecule has 1 saturated carbocycles. The molecular weight excluding hydrogens is 140 g/mol. The molecule has 0 radical (unpaired) electrons. The molecule has 2 aliphatic rings. The second-order valence-electron chi connectivity index (χ2n) is 3.50. The second-order valence-corrected chi connectivity index (χ2v) is 3.50. The summed E-state index contributed by atoms with van der Waals surface area (Å²) >= 11 is 0. The van der Waals surface area contributed by atoms with Crippen molar-refractivity contribution in [2.45, 2.75) is 31.2 Å². The zero-order chi connectivity index (χ0) is 7.73. The van der Waals surface area contributed by atoms with Gasteiger partial charge in [0.1, 0.15) is 0 Å². The van der Waals surface area contributed by atoms with E-state index in [4.69, 9.17) is 5.11 Å². The largest absolute Gasteiger partial charge is 0.394 e. The van der Waals surface area contributed by atoms with Crippen LogP contribution >= 0.6 is 0 Å². The number of aliphatic hydroxyl groups excluding tert-OH is 1. The van der Waals surface area contributed by atoms with E-state index in [0.29, 0.717) is 0 Å². The van der Waals surface area contributed by atoms with Crippen molar-refractivity contribution >= 4 is 5.84 Å². The van der Waals surface area contributed by atoms with E-state index >= 15 is 0 Å². The normalized spacial score (nSPS) is 26.5. The molecule has 0 spiro atoms. The fourth-order valence-electron chi connectivity index (χ4n) is 1.42. The standard InChI is InChI=1S/C8H14N2O/c11-6-8(3-4-8)10-7-2-1-5-9-7/h11H,1-6H2,(H,9,10). The molecule has 0 amide bonds. The van der Waals surface area contributed by atoms with Crippen molar-refractivity contribution in [2.24, 2.45) is 4.99 Å². The van der Waals surface area contributed by atoms with E-state index in [-0.39, 0.29) is 12.1 Å². The maximum Gasteiger partial charge on any atom is 0.0968 e. The summed E-state index contributed by atoms with van der Waals surface area (Å²) in [7, 11) is 0. The van der Waals surface area contributed by atoms with Gasteiger partial charge >= 0.3 is 0 Å². The number of nitrogens with one attached hydrogen (secondary N) is 1. The van der Waals surface area contributed by atoms with E-state index in [0.717, 1.165) is 31.6 Å². The van der Waals surface area contributed by atoms with Crippen molar-refractivity contribution in [1.29, 1.82) is 0 Å². The summed E-state index contributed by atoms with van der Waals surface area (Å²) in [6.45, 7) is 1.22. The minimum atomic E-state index is 0.0309. The Morgan fingerprint density at radius 1 is 1.55 bits per heavy atom. The molecule has 0 saturated heterocycles. The fraction of sp³-hybridized carbons (Fsp3) is 0.875. The number of rotatable bonds is 2. The fourth-order valence-corrected chi connectivity index (χ4v) is 1.42. The molecule has 0 atom stereocenters. The van der Waals surface area contributed by atoms with Crippen LogP contribution in [-0.4, -0.2) is 29.6 Å². The first-order valence-electron chi connectivity index (χ1n) is 4.27. The van der Waals surface area contributed by atoms with Gasteiger partial charge in [-0.25, -0.2) is 0 Å². The van der Waals surface area contributed by atoms with Gasteiger partial charge in [0.15, 0.2) is 0 Å². The van der Waals surface area contributed by atoms with Gasteiger partial charge in [0, 0.05) is 13.0 Å². The summed E-state index contributed by atoms with van der Waals surface area (Å²) in [5.74, 6) is 1.11. The van der Waals surface area contributed by atoms with Gasteiger partial charge in [0.25, 0.3) is 0 Å². The predicted octanol–water partition coefficient (Wildman–Crippen LogP) is 0.293. The molecular formula is C8H14N2O. The minimum Gasteiger partial charge on any atom is -0.394 e. The molecule has 3 heteroatoms. The van der Waals surface area contributed by atoms with E-state index in [1.807, 2.05) is 0 Å². The summed E-state index contributed by atoms with van der Waals surface area (Å²) < 4.78 is 0. The van der Waals surface area contributed by atoms with Crippen LogP contribution in [0, 0.1) is 0 Å². The zero-order valence-electron chi connectivity index (χ0n) is 6.64. The Kier molecular flexibility index (Phi) is 1.60. The van der Waals surface area contributed by atoms with Crippen LogP contribution in [-0.2, 0) is 0 Å². The van der Waals surface area contributed by atoms with Crippen LogP contribution in [0.2, 0.25) is 0 Å². The number of aliphatic hydroxyl groups is 1. The van der Waals surface area contributed by atoms with Gasteiger partial charge in [-0.3, -0.25) is 4.99 Å². The molecule has 2 N–H and O–H groups in total. The monoisotopic (exact) mass is 154 g/mol. The Bertz CT molecular complexity index is 185. The van der Waals surface area contributed by atoms with Crippen molar-refractivity contribution in [1.82, 2.24) is 5.32 Å². The molecule has 62 valence electrons. The molecule has 0 aromatic rings. The van der Waals surface area contributed by atoms with Crippen molar-refractivity contribution in [3.63, 3.8) is 0 Å². The van der Waals surface area contributed by atoms with Gasteiger partial charge in [-0.15, -0.1) is 0 Å². The maximum absolute atomic E-state index is 9.00. The van der Waals surface area contributed by atoms with Crippen LogP contribution in [0.4, 0.5) is 0 Å². The molecule has 1 aliphatic carbocycles. The molecule has 2 rings (SSSR count). The van der Waals surface area contributed by atoms with Gasteiger partial charge in [0.05, 0.1) is 18.0 Å². The van der Waals surface area contributed by atoms with Gasteiger partial charge < -0.3 is 10.4 Å². The quantitative estimate of drug-likeness (QED) is 0.600. The summed E-state index contributed by atoms with van der Waals surface area (Å²) in [6.07, 6.45) is 4.44. The first-order valence-corrected chi connectivity index (χ1v) is 4.27. The lowest BCUT2D eigenvalue weighted by Gasteiger charge is -2.14. The van der Waals surface area contributed by atoms with E-state index in [1.165, 1.54) is 6.42 Å². The Hall–Kier alpha value is -0.570. The number of amidine groups is 1. The van der Waals surface area contributed by atoms with E-state index < -0.39 is 0 Å². The third kappa shape index (κ3) is 1.38. The Labute approximate surface area is 66.5 Å². The summed E-state index contributed by atoms with van der Waals surface area (Å²) in [4.78, 5) is 4.30. The smallest absolute Gasteiger partial charge is 0.0968 e. The molecule has 3 nitrogen and oxygen atoms in total. The van der Waals surface area contributed by atoms with Crippen molar-refractivity contribution in [3.8, 4) is 0 Å². The summed E-state index contributed by atoms with van der Waals surface area (Å²) in [5, 5.41) is 12.3. The van der Waals surface area contributed by atoms with Crippen LogP contribution in [0.3, 0.4) is 0 Å². The predicted molar refractivity (Wildman–Crippen MR) is 43.7 cm³/mol. The number of nitrogens with zero attached hydrogens (tertiary/aromatic N) is 1. The molecule has 11 heavy (non-hydrogen) atoms. The van der Waals surface area contributed by atoms with Crippen LogP contribution in [0.1, 0.15) is 25.7 Å². The number of aliphatic imine (C=N–C) groups is 1. The molecule has 0 aromatic heterocycles. The molecule has 0 unspecified atom stereocenters. The molecule has 1 heterocycles. The van der Waals surface area contributed by atoms with Crippen LogP contribution in [0.25, 0.3) is 0 Å². The van der Waals surface area contributed by atoms with Crippen molar-refractivity contribution < 1.29 is 5.11 Å². The maximum atomic E-state index is 9.00. The van der Waals surface area contributed by atoms with Crippen LogP contribution in [0.15, 0.2) is 4.99 Å². The highest BCUT2D eigenvalue weighted by Crippen LogP contribution is 2.34. The summed E-state index contributed by atoms with van der Waals surface area (Å²) in [6, 6.07) is 0. The lowest BCUT2D eigenvalue weighted by molar-refractivity contribution is 0.245. The zero-order valence-corrected chi connectivity index (χ0v) is 6.64. The first kappa shape index (κ1) is 7.10. The van der Waals surface area contributed by atoms with Gasteiger partial charge in [0.2, 0.25) is 0 Å². The van der Waals surface area contributed by atoms with Crippen molar-refractivity contribution in [2.75, 3.05) is 13.2 Å². The van der Waals surface area contributed by atoms with Crippen LogP contribution < -0.4 is 5.32 Å². The number of hydrogen-bond donors (Lipinski definition) is 2. The molecule has 1 aliphatic heterocycles. The third-order valence-electron chi connectivity index (χ3n) is 2.44. The lowest BCUT2D eigenvalue weighted by atomic mass is 10.2. The molecule has 0 aromatic carbocycles. The first-order chi connectivity index (χ1) is 5.35. The Morgan fingerprint density at radius 2 is 2.36 bits per heavy atom. The van der Waals surface area contributed by atoms with E-state index in [1.54, 1.807) is 0 Å². The second kappa shape index (κ2) is 2.48. The van der Waals surface area contributed by atoms with E-state index in [9.17, 15) is 0 Å². The average Bonchev–Trinajstić information content (AvgIpc) is 2.59. The highest BCUT2D eigenvalue weighted by molar-refractivity contribution is 5.84. The highest BCUT2D eigenvalue weighted by atomic mass is 16.3. The molecule has 1 fully saturated rings. The number of hydrogen-bond acceptors (Lipinski definition) is 3. The van der Waals surface area contributed by atoms with Gasteiger partial charge in [-0.2, -0.15) is 0 Å². The SMILES string of the molecule is OCC1(NC2=NCCC2)CC1. The summed E-state index contributed by atoms with van der Waals surface area (Å²) in [5.41, 5.74) is 0.0309. The average molecular weight is 154 g/mol. The highest BCUT2D eigenvalue weighted by Gasteiger charge is 2.42. The molecule has 0 bridgehead atoms. The minimum absolute atomic E-state index is 0.0309. The third-order valence-corrected chi connectivity index (χ3v) is 2.44. The van der Waals surface area contributed by atoms with Crippen molar-refractivity contribution in [3.05, 3.63) is 0 Å². The Balaban J connectivity index is 1.89. The van der Waals surface area contributed by atoms with Crippen LogP contribution in [0.5, 0.6) is 0 Å².